The summed E-state index contributed by atoms with van der Waals surface area (Å²) in [5.41, 5.74) is -0.411. The standard InChI is InChI=1S/C68H76ClF3N8O9S3/c1-67(2)32-30-56(47-18-22-51(69)23-19-47)50(44-67)45-78-39-41-79(42-40-78)53-24-20-49(21-25-53)63(82)75-92(88,89)55-26-27-58(60(43-55)91(86,87)68(70,71)72)73-52(46-90-54-15-9-7-10-16-54)31-34-77-37-35-76(36-38-77)33-11-6-4-3-5-8-13-48-14-12-17-57-62(48)66(85)80(65(57)84)59-28-29-61(81)74-64(59)83/h7,9-10,12,14-27,43,52,59,73H,3-6,11,28-42,44-46H2,1-2H3,(H,75,82)(H,74,81,83)/t52-,59?/m1/s1. The predicted octanol–water partition coefficient (Wildman–Crippen LogP) is 10.5. The van der Waals surface area contributed by atoms with E-state index in [1.54, 1.807) is 30.3 Å². The van der Waals surface area contributed by atoms with E-state index in [1.165, 1.54) is 40.6 Å². The molecule has 0 bridgehead atoms. The Morgan fingerprint density at radius 3 is 2.15 bits per heavy atom. The van der Waals surface area contributed by atoms with Gasteiger partial charge in [-0.1, -0.05) is 92.1 Å². The van der Waals surface area contributed by atoms with Gasteiger partial charge in [0.25, 0.3) is 37.6 Å². The van der Waals surface area contributed by atoms with Crippen LogP contribution in [0.3, 0.4) is 0 Å². The number of carbonyl (C=O) groups is 5. The van der Waals surface area contributed by atoms with E-state index in [1.807, 2.05) is 47.2 Å². The molecule has 0 radical (unpaired) electrons. The minimum atomic E-state index is -6.13. The number of allylic oxidation sites excluding steroid dienone is 1. The highest BCUT2D eigenvalue weighted by Gasteiger charge is 2.49. The summed E-state index contributed by atoms with van der Waals surface area (Å²) in [5.74, 6) is 3.19. The van der Waals surface area contributed by atoms with E-state index in [9.17, 15) is 54.0 Å². The van der Waals surface area contributed by atoms with Crippen LogP contribution in [0.5, 0.6) is 0 Å². The number of nitrogens with one attached hydrogen (secondary N) is 3. The monoisotopic (exact) mass is 1340 g/mol. The molecule has 0 saturated carbocycles. The Kier molecular flexibility index (Phi) is 21.8. The molecule has 4 heterocycles. The van der Waals surface area contributed by atoms with E-state index >= 15 is 0 Å². The molecule has 0 spiro atoms. The van der Waals surface area contributed by atoms with Crippen LogP contribution in [0.25, 0.3) is 5.57 Å². The molecule has 92 heavy (non-hydrogen) atoms. The smallest absolute Gasteiger partial charge is 0.380 e. The number of carbonyl (C=O) groups excluding carboxylic acids is 5. The van der Waals surface area contributed by atoms with Crippen LogP contribution < -0.4 is 20.3 Å². The summed E-state index contributed by atoms with van der Waals surface area (Å²) in [6, 6.07) is 29.5. The fraction of sp³-hybridized carbons (Fsp3) is 0.426. The lowest BCUT2D eigenvalue weighted by Gasteiger charge is -2.39. The molecular formula is C68H76ClF3N8O9S3. The Balaban J connectivity index is 0.707. The van der Waals surface area contributed by atoms with Gasteiger partial charge in [-0.05, 0) is 147 Å². The van der Waals surface area contributed by atoms with Crippen molar-refractivity contribution >= 4 is 89.7 Å². The van der Waals surface area contributed by atoms with E-state index in [4.69, 9.17) is 11.6 Å². The number of hydrogen-bond donors (Lipinski definition) is 3. The Bertz CT molecular complexity index is 3890. The second-order valence-electron chi connectivity index (χ2n) is 24.9. The summed E-state index contributed by atoms with van der Waals surface area (Å²) >= 11 is 7.66. The number of halogens is 4. The van der Waals surface area contributed by atoms with E-state index in [0.717, 1.165) is 125 Å². The number of hydrogen-bond acceptors (Lipinski definition) is 15. The van der Waals surface area contributed by atoms with Crippen molar-refractivity contribution in [1.29, 1.82) is 0 Å². The molecule has 3 fully saturated rings. The Morgan fingerprint density at radius 2 is 1.46 bits per heavy atom. The number of imide groups is 2. The Morgan fingerprint density at radius 1 is 0.772 bits per heavy atom. The average molecular weight is 1340 g/mol. The highest BCUT2D eigenvalue weighted by molar-refractivity contribution is 7.99. The van der Waals surface area contributed by atoms with Crippen LogP contribution in [0.1, 0.15) is 127 Å². The molecule has 4 aliphatic heterocycles. The van der Waals surface area contributed by atoms with Gasteiger partial charge in [0.1, 0.15) is 10.9 Å². The molecule has 17 nitrogen and oxygen atoms in total. The number of thioether (sulfide) groups is 1. The number of benzene rings is 5. The average Bonchev–Trinajstić information content (AvgIpc) is 1.57. The predicted molar refractivity (Wildman–Crippen MR) is 351 cm³/mol. The number of unbranched alkanes of at least 4 members (excludes halogenated alkanes) is 4. The van der Waals surface area contributed by atoms with Crippen molar-refractivity contribution in [3.05, 3.63) is 154 Å². The molecule has 24 heteroatoms. The molecule has 1 aliphatic carbocycles. The molecule has 5 aromatic carbocycles. The summed E-state index contributed by atoms with van der Waals surface area (Å²) in [4.78, 5) is 73.3. The van der Waals surface area contributed by atoms with Gasteiger partial charge in [-0.15, -0.1) is 11.8 Å². The zero-order chi connectivity index (χ0) is 65.4. The van der Waals surface area contributed by atoms with Crippen molar-refractivity contribution in [2.24, 2.45) is 5.41 Å². The number of nitrogens with zero attached hydrogens (tertiary/aromatic N) is 5. The van der Waals surface area contributed by atoms with Crippen molar-refractivity contribution in [3.8, 4) is 11.8 Å². The van der Waals surface area contributed by atoms with Gasteiger partial charge in [0, 0.05) is 117 Å². The molecule has 1 unspecified atom stereocenters. The molecular weight excluding hydrogens is 1260 g/mol. The van der Waals surface area contributed by atoms with Crippen molar-refractivity contribution in [2.45, 2.75) is 117 Å². The maximum absolute atomic E-state index is 14.5. The first kappa shape index (κ1) is 67.8. The summed E-state index contributed by atoms with van der Waals surface area (Å²) in [6.45, 7) is 13.0. The molecule has 488 valence electrons. The number of fused-ring (bicyclic) bond motifs is 1. The van der Waals surface area contributed by atoms with Gasteiger partial charge >= 0.3 is 5.51 Å². The molecule has 5 aliphatic rings. The van der Waals surface area contributed by atoms with Crippen molar-refractivity contribution in [1.82, 2.24) is 29.6 Å². The molecule has 5 aromatic rings. The fourth-order valence-electron chi connectivity index (χ4n) is 12.6. The van der Waals surface area contributed by atoms with Crippen LogP contribution in [0.15, 0.2) is 136 Å². The van der Waals surface area contributed by atoms with Crippen LogP contribution in [-0.4, -0.2) is 161 Å². The molecule has 3 saturated heterocycles. The molecule has 3 N–H and O–H groups in total. The zero-order valence-electron chi connectivity index (χ0n) is 51.5. The summed E-state index contributed by atoms with van der Waals surface area (Å²) in [5, 5.41) is 5.97. The topological polar surface area (TPSA) is 206 Å². The maximum Gasteiger partial charge on any atom is 0.501 e. The van der Waals surface area contributed by atoms with Gasteiger partial charge in [-0.2, -0.15) is 13.2 Å². The number of sulfone groups is 1. The first-order chi connectivity index (χ1) is 43.9. The van der Waals surface area contributed by atoms with Crippen LogP contribution in [0, 0.1) is 17.3 Å². The van der Waals surface area contributed by atoms with E-state index < -0.39 is 82.5 Å². The normalized spacial score (nSPS) is 18.9. The lowest BCUT2D eigenvalue weighted by molar-refractivity contribution is -0.136. The molecule has 0 aromatic heterocycles. The lowest BCUT2D eigenvalue weighted by atomic mass is 9.73. The van der Waals surface area contributed by atoms with Crippen LogP contribution >= 0.6 is 23.4 Å². The minimum absolute atomic E-state index is 0.0218. The first-order valence-electron chi connectivity index (χ1n) is 31.2. The van der Waals surface area contributed by atoms with Crippen LogP contribution in [-0.2, 0) is 29.4 Å². The van der Waals surface area contributed by atoms with Crippen molar-refractivity contribution in [2.75, 3.05) is 88.0 Å². The lowest BCUT2D eigenvalue weighted by Crippen LogP contribution is -2.54. The number of anilines is 2. The largest absolute Gasteiger partial charge is 0.501 e. The molecule has 5 amide bonds. The third-order valence-corrected chi connectivity index (χ3v) is 22.0. The minimum Gasteiger partial charge on any atom is -0.380 e. The number of piperidine rings is 1. The third kappa shape index (κ3) is 16.6. The third-order valence-electron chi connectivity index (χ3n) is 17.8. The summed E-state index contributed by atoms with van der Waals surface area (Å²) in [6.07, 6.45) is 7.89. The number of sulfonamides is 1. The SMILES string of the molecule is CC1(C)CCC(c2ccc(Cl)cc2)=C(CN2CCN(c3ccc(C(=O)NS(=O)(=O)c4ccc(N[C@H](CCN5CCN(CCCCCCC#Cc6cccc7c6C(=O)N(C6CCC(=O)NC6=O)C7=O)CC5)CSc5ccccc5)c(S(=O)(=O)C(F)(F)F)c4)cc3)CC2)C1. The molecule has 2 atom stereocenters. The number of amides is 5. The Hall–Kier alpha value is -7.04. The van der Waals surface area contributed by atoms with Gasteiger partial charge in [0.2, 0.25) is 11.8 Å². The second-order valence-corrected chi connectivity index (χ2v) is 30.0. The Labute approximate surface area is 545 Å². The maximum atomic E-state index is 14.5. The quantitative estimate of drug-likeness (QED) is 0.0241. The number of piperazine rings is 2. The number of alkyl halides is 3. The van der Waals surface area contributed by atoms with Crippen LogP contribution in [0.2, 0.25) is 5.02 Å². The number of rotatable bonds is 23. The zero-order valence-corrected chi connectivity index (χ0v) is 54.7. The fourth-order valence-corrected chi connectivity index (χ4v) is 15.7. The van der Waals surface area contributed by atoms with E-state index in [0.29, 0.717) is 54.9 Å². The van der Waals surface area contributed by atoms with E-state index in [2.05, 4.69) is 68.1 Å². The van der Waals surface area contributed by atoms with Crippen LogP contribution in [0.4, 0.5) is 24.5 Å². The van der Waals surface area contributed by atoms with Gasteiger partial charge in [0.15, 0.2) is 0 Å². The van der Waals surface area contributed by atoms with Gasteiger partial charge in [-0.25, -0.2) is 21.6 Å². The molecule has 10 rings (SSSR count). The van der Waals surface area contributed by atoms with Gasteiger partial charge in [0.05, 0.1) is 21.7 Å². The van der Waals surface area contributed by atoms with Gasteiger partial charge in [-0.3, -0.25) is 39.1 Å². The van der Waals surface area contributed by atoms with Crippen molar-refractivity contribution in [3.63, 3.8) is 0 Å². The first-order valence-corrected chi connectivity index (χ1v) is 35.6. The van der Waals surface area contributed by atoms with E-state index in [-0.39, 0.29) is 34.9 Å². The highest BCUT2D eigenvalue weighted by atomic mass is 35.5. The van der Waals surface area contributed by atoms with Crippen molar-refractivity contribution < 1.29 is 54.0 Å². The van der Waals surface area contributed by atoms with Gasteiger partial charge < -0.3 is 20.0 Å². The highest BCUT2D eigenvalue weighted by Crippen LogP contribution is 2.43. The summed E-state index contributed by atoms with van der Waals surface area (Å²) in [7, 11) is -11.0. The second kappa shape index (κ2) is 29.5. The summed E-state index contributed by atoms with van der Waals surface area (Å²) < 4.78 is 99.9.